The second-order valence-corrected chi connectivity index (χ2v) is 34.4. The van der Waals surface area contributed by atoms with Gasteiger partial charge in [0.25, 0.3) is 6.71 Å². The summed E-state index contributed by atoms with van der Waals surface area (Å²) in [6.45, 7) is 26.9. The van der Waals surface area contributed by atoms with Crippen LogP contribution in [0.3, 0.4) is 0 Å². The van der Waals surface area contributed by atoms with Gasteiger partial charge < -0.3 is 14.7 Å². The molecule has 17 aromatic rings. The summed E-state index contributed by atoms with van der Waals surface area (Å²) in [4.78, 5) is 8.04. The van der Waals surface area contributed by atoms with Crippen LogP contribution in [0, 0.1) is 83.1 Å². The van der Waals surface area contributed by atoms with Gasteiger partial charge in [0.15, 0.2) is 0 Å². The fourth-order valence-corrected chi connectivity index (χ4v) is 21.9. The molecule has 120 heavy (non-hydrogen) atoms. The zero-order valence-corrected chi connectivity index (χ0v) is 70.4. The highest BCUT2D eigenvalue weighted by molar-refractivity contribution is 7.02. The summed E-state index contributed by atoms with van der Waals surface area (Å²) in [6, 6.07) is 132. The predicted molar refractivity (Wildman–Crippen MR) is 514 cm³/mol. The van der Waals surface area contributed by atoms with Crippen molar-refractivity contribution in [1.82, 2.24) is 0 Å². The van der Waals surface area contributed by atoms with Crippen molar-refractivity contribution in [2.45, 2.75) is 89.0 Å². The monoisotopic (exact) mass is 1540 g/mol. The van der Waals surface area contributed by atoms with Crippen LogP contribution in [0.5, 0.6) is 0 Å². The van der Waals surface area contributed by atoms with Crippen LogP contribution in [0.1, 0.15) is 89.4 Å². The molecule has 0 aromatic heterocycles. The highest BCUT2D eigenvalue weighted by Gasteiger charge is 2.50. The van der Waals surface area contributed by atoms with Crippen molar-refractivity contribution in [3.8, 4) is 89.0 Å². The molecule has 5 heteroatoms. The largest absolute Gasteiger partial charge is 0.311 e. The lowest BCUT2D eigenvalue weighted by Crippen LogP contribution is -2.65. The van der Waals surface area contributed by atoms with E-state index in [1.807, 2.05) is 0 Å². The van der Waals surface area contributed by atoms with Crippen LogP contribution in [0.2, 0.25) is 0 Å². The highest BCUT2D eigenvalue weighted by atomic mass is 15.2. The van der Waals surface area contributed by atoms with E-state index in [-0.39, 0.29) is 19.3 Å². The maximum atomic E-state index is 2.77. The third-order valence-corrected chi connectivity index (χ3v) is 26.9. The van der Waals surface area contributed by atoms with Gasteiger partial charge in [-0.05, 0) is 356 Å². The van der Waals surface area contributed by atoms with Crippen molar-refractivity contribution in [2.24, 2.45) is 0 Å². The van der Waals surface area contributed by atoms with E-state index >= 15 is 0 Å². The summed E-state index contributed by atoms with van der Waals surface area (Å²) in [7, 11) is 0. The molecule has 4 aliphatic rings. The number of hydrogen-bond donors (Lipinski definition) is 0. The molecule has 0 radical (unpaired) electrons. The molecule has 3 nitrogen and oxygen atoms in total. The molecule has 0 saturated carbocycles. The summed E-state index contributed by atoms with van der Waals surface area (Å²) in [6.07, 6.45) is 0. The molecule has 0 amide bonds. The third kappa shape index (κ3) is 11.9. The number of rotatable bonds is 12. The minimum Gasteiger partial charge on any atom is -0.311 e. The van der Waals surface area contributed by atoms with Gasteiger partial charge in [0, 0.05) is 57.1 Å². The second-order valence-electron chi connectivity index (χ2n) is 34.4. The predicted octanol–water partition coefficient (Wildman–Crippen LogP) is 26.6. The maximum Gasteiger partial charge on any atom is 0.252 e. The number of para-hydroxylation sites is 1. The maximum absolute atomic E-state index is 2.77. The molecule has 0 fully saturated rings. The van der Waals surface area contributed by atoms with Gasteiger partial charge in [-0.15, -0.1) is 0 Å². The minimum absolute atomic E-state index is 0.261. The Balaban J connectivity index is 0.942. The summed E-state index contributed by atoms with van der Waals surface area (Å²) in [5, 5.41) is 0. The zero-order valence-electron chi connectivity index (χ0n) is 70.4. The first-order valence-corrected chi connectivity index (χ1v) is 42.6. The molecule has 0 N–H and O–H groups in total. The average molecular weight is 1540 g/mol. The van der Waals surface area contributed by atoms with Gasteiger partial charge in [0.05, 0.1) is 0 Å². The molecule has 0 bridgehead atoms. The SMILES string of the molecule is Cc1cccc(C)c1-c1cccc(N2c3cc(-c4c(C)cccc4C)ccc3B3c4cc5c(cc4C(c4c(-c6ccccc6)cccc4-c4ccccc4)c4cc(-c6c(C)cccc6C)cc2c43)N(c2ccccc2)c2cc(-c3c(C)cccc3C)cc3c2B5c2ccc(-c4c(C)cccc4C)cc2N3c2cccc(-c3c(C)cccc3C)c2)c1. The average Bonchev–Trinajstić information content (AvgIpc) is 0.678. The first-order valence-electron chi connectivity index (χ1n) is 42.6. The van der Waals surface area contributed by atoms with E-state index in [4.69, 9.17) is 0 Å². The van der Waals surface area contributed by atoms with E-state index in [2.05, 4.69) is 438 Å². The molecule has 574 valence electrons. The minimum atomic E-state index is -0.349. The zero-order chi connectivity index (χ0) is 81.6. The molecule has 21 rings (SSSR count). The van der Waals surface area contributed by atoms with Crippen molar-refractivity contribution in [3.63, 3.8) is 0 Å². The lowest BCUT2D eigenvalue weighted by atomic mass is 9.28. The number of anilines is 9. The molecule has 1 unspecified atom stereocenters. The number of fused-ring (bicyclic) bond motifs is 8. The van der Waals surface area contributed by atoms with E-state index in [1.165, 1.54) is 234 Å². The Bertz CT molecular complexity index is 6910. The van der Waals surface area contributed by atoms with Gasteiger partial charge >= 0.3 is 0 Å². The first kappa shape index (κ1) is 73.9. The second kappa shape index (κ2) is 29.1. The highest BCUT2D eigenvalue weighted by Crippen LogP contribution is 2.54. The van der Waals surface area contributed by atoms with Crippen LogP contribution in [0.4, 0.5) is 51.2 Å². The van der Waals surface area contributed by atoms with Crippen molar-refractivity contribution in [3.05, 3.63) is 423 Å². The molecule has 4 aliphatic heterocycles. The quantitative estimate of drug-likeness (QED) is 0.113. The Kier molecular flexibility index (Phi) is 17.9. The number of aryl methyl sites for hydroxylation is 12. The van der Waals surface area contributed by atoms with Gasteiger partial charge in [0.2, 0.25) is 6.71 Å². The van der Waals surface area contributed by atoms with Crippen molar-refractivity contribution >= 4 is 97.4 Å². The lowest BCUT2D eigenvalue weighted by molar-refractivity contribution is 0.988. The van der Waals surface area contributed by atoms with Crippen molar-refractivity contribution in [2.75, 3.05) is 14.7 Å². The Hall–Kier alpha value is -13.7. The fraction of sp³-hybridized carbons (Fsp3) is 0.113. The smallest absolute Gasteiger partial charge is 0.252 e. The summed E-state index contributed by atoms with van der Waals surface area (Å²) in [5.74, 6) is -0.349. The summed E-state index contributed by atoms with van der Waals surface area (Å²) in [5.41, 5.74) is 56.4. The van der Waals surface area contributed by atoms with E-state index in [1.54, 1.807) is 0 Å². The van der Waals surface area contributed by atoms with E-state index < -0.39 is 0 Å². The molecule has 0 aliphatic carbocycles. The van der Waals surface area contributed by atoms with E-state index in [9.17, 15) is 0 Å². The molecule has 1 atom stereocenters. The van der Waals surface area contributed by atoms with Gasteiger partial charge in [-0.3, -0.25) is 0 Å². The number of benzene rings is 17. The first-order chi connectivity index (χ1) is 58.5. The van der Waals surface area contributed by atoms with Crippen LogP contribution < -0.4 is 47.5 Å². The number of nitrogens with zero attached hydrogens (tertiary/aromatic N) is 3. The fourth-order valence-electron chi connectivity index (χ4n) is 21.9. The Labute approximate surface area is 708 Å². The van der Waals surface area contributed by atoms with Gasteiger partial charge in [-0.1, -0.05) is 272 Å². The van der Waals surface area contributed by atoms with Crippen LogP contribution in [0.15, 0.2) is 340 Å². The molecule has 0 spiro atoms. The molecule has 0 saturated heterocycles. The molecular weight excluding hydrogens is 1440 g/mol. The summed E-state index contributed by atoms with van der Waals surface area (Å²) < 4.78 is 0. The molecule has 4 heterocycles. The Morgan fingerprint density at radius 1 is 0.192 bits per heavy atom. The Morgan fingerprint density at radius 2 is 0.483 bits per heavy atom. The third-order valence-electron chi connectivity index (χ3n) is 26.9. The molecule has 17 aromatic carbocycles. The van der Waals surface area contributed by atoms with E-state index in [0.717, 1.165) is 22.7 Å². The van der Waals surface area contributed by atoms with Gasteiger partial charge in [-0.2, -0.15) is 0 Å². The van der Waals surface area contributed by atoms with Crippen LogP contribution >= 0.6 is 0 Å². The van der Waals surface area contributed by atoms with Crippen LogP contribution in [0.25, 0.3) is 89.0 Å². The van der Waals surface area contributed by atoms with Crippen molar-refractivity contribution < 1.29 is 0 Å². The normalized spacial score (nSPS) is 13.3. The van der Waals surface area contributed by atoms with Gasteiger partial charge in [-0.25, -0.2) is 0 Å². The number of hydrogen-bond acceptors (Lipinski definition) is 3. The van der Waals surface area contributed by atoms with Gasteiger partial charge in [0.1, 0.15) is 0 Å². The van der Waals surface area contributed by atoms with Crippen LogP contribution in [-0.4, -0.2) is 13.4 Å². The van der Waals surface area contributed by atoms with Crippen LogP contribution in [-0.2, 0) is 0 Å². The van der Waals surface area contributed by atoms with Crippen molar-refractivity contribution in [1.29, 1.82) is 0 Å². The van der Waals surface area contributed by atoms with E-state index in [0.29, 0.717) is 0 Å². The topological polar surface area (TPSA) is 9.72 Å². The Morgan fingerprint density at radius 3 is 0.883 bits per heavy atom. The standard InChI is InChI=1S/C115H93B2N3/c1-69-31-22-32-70(2)106(69)83-47-28-51-90(59-83)119-100-62-85(108-73(5)35-24-36-74(108)6)55-57-96(100)116-98-68-99-102(67-94(98)113(95-61-87(64-103(119)114(95)116)110-77(9)39-26-40-78(110)10)112-92(81-43-16-13-17-44-81)53-30-54-93(112)82-45-18-14-19-46-82)118(89-49-20-15-21-50-89)104-65-88(111-79(11)41-27-42-80(111)12)66-105-115(104)117(99)97-58-56-86(109-75(7)37-25-38-76(109)8)63-101(97)120(105)91-52-29-48-84(60-91)107-71(3)33-23-34-72(107)4/h13-68,113H,1-12H3. The lowest BCUT2D eigenvalue weighted by Gasteiger charge is -2.47. The summed E-state index contributed by atoms with van der Waals surface area (Å²) >= 11 is 0. The molecular formula is C115H93B2N3.